The van der Waals surface area contributed by atoms with Gasteiger partial charge in [-0.25, -0.2) is 13.4 Å². The molecule has 35 heavy (non-hydrogen) atoms. The van der Waals surface area contributed by atoms with Crippen LogP contribution in [0.2, 0.25) is 0 Å². The second-order valence-electron chi connectivity index (χ2n) is 8.48. The molecule has 2 aromatic heterocycles. The summed E-state index contributed by atoms with van der Waals surface area (Å²) >= 11 is 0. The number of aryl methyl sites for hydroxylation is 1. The molecule has 0 radical (unpaired) electrons. The smallest absolute Gasteiger partial charge is 0.322 e. The fourth-order valence-corrected chi connectivity index (χ4v) is 4.82. The Morgan fingerprint density at radius 1 is 1.17 bits per heavy atom. The molecule has 0 aliphatic carbocycles. The third kappa shape index (κ3) is 5.16. The molecule has 3 N–H and O–H groups in total. The molecule has 0 bridgehead atoms. The molecule has 4 aromatic rings. The van der Waals surface area contributed by atoms with E-state index in [0.29, 0.717) is 29.3 Å². The van der Waals surface area contributed by atoms with Crippen molar-refractivity contribution in [2.24, 2.45) is 5.73 Å². The molecule has 184 valence electrons. The highest BCUT2D eigenvalue weighted by Crippen LogP contribution is 2.39. The molecule has 9 heteroatoms. The number of sulfone groups is 1. The van der Waals surface area contributed by atoms with Crippen molar-refractivity contribution in [1.82, 2.24) is 9.97 Å². The molecule has 0 aliphatic heterocycles. The normalized spacial score (nSPS) is 12.7. The fourth-order valence-electron chi connectivity index (χ4n) is 3.90. The van der Waals surface area contributed by atoms with E-state index in [4.69, 9.17) is 15.2 Å². The molecule has 8 nitrogen and oxygen atoms in total. The number of aromatic nitrogens is 2. The van der Waals surface area contributed by atoms with Gasteiger partial charge >= 0.3 is 5.97 Å². The standard InChI is InChI=1S/C26H29N3O5S/c1-4-35(31,32)19-8-5-7-18(14-19)20-9-10-22(33-11-6-12-34-26(30)17(3)27)24-23(20)21-13-16(2)15-28-25(21)29-24/h5,7-10,13-15,17H,4,6,11-12,27H2,1-3H3,(H,28,29)/t17-/m0/s1. The Morgan fingerprint density at radius 3 is 2.71 bits per heavy atom. The van der Waals surface area contributed by atoms with Crippen LogP contribution in [-0.2, 0) is 19.4 Å². The molecule has 0 amide bonds. The zero-order valence-corrected chi connectivity index (χ0v) is 20.8. The SMILES string of the molecule is CCS(=O)(=O)c1cccc(-c2ccc(OCCCOC(=O)[C@H](C)N)c3[nH]c4ncc(C)cc4c23)c1. The number of nitrogens with one attached hydrogen (secondary N) is 1. The van der Waals surface area contributed by atoms with Crippen molar-refractivity contribution in [3.05, 3.63) is 54.2 Å². The van der Waals surface area contributed by atoms with Gasteiger partial charge in [-0.3, -0.25) is 4.79 Å². The van der Waals surface area contributed by atoms with E-state index < -0.39 is 21.8 Å². The Labute approximate surface area is 204 Å². The predicted molar refractivity (Wildman–Crippen MR) is 136 cm³/mol. The third-order valence-corrected chi connectivity index (χ3v) is 7.48. The van der Waals surface area contributed by atoms with Crippen LogP contribution in [0.5, 0.6) is 5.75 Å². The van der Waals surface area contributed by atoms with E-state index in [-0.39, 0.29) is 12.4 Å². The van der Waals surface area contributed by atoms with Gasteiger partial charge in [-0.2, -0.15) is 0 Å². The van der Waals surface area contributed by atoms with Gasteiger partial charge in [0.1, 0.15) is 17.4 Å². The molecular formula is C26H29N3O5S. The zero-order valence-electron chi connectivity index (χ0n) is 20.0. The fraction of sp³-hybridized carbons (Fsp3) is 0.308. The summed E-state index contributed by atoms with van der Waals surface area (Å²) < 4.78 is 36.1. The Kier molecular flexibility index (Phi) is 7.09. The van der Waals surface area contributed by atoms with Gasteiger partial charge in [0.2, 0.25) is 0 Å². The van der Waals surface area contributed by atoms with Gasteiger partial charge in [-0.1, -0.05) is 19.1 Å². The molecule has 2 aromatic carbocycles. The van der Waals surface area contributed by atoms with E-state index in [0.717, 1.165) is 33.0 Å². The molecule has 0 saturated heterocycles. The first-order chi connectivity index (χ1) is 16.7. The van der Waals surface area contributed by atoms with E-state index in [1.807, 2.05) is 25.1 Å². The van der Waals surface area contributed by atoms with Gasteiger partial charge in [0.15, 0.2) is 9.84 Å². The maximum atomic E-state index is 12.5. The Morgan fingerprint density at radius 2 is 1.97 bits per heavy atom. The highest BCUT2D eigenvalue weighted by molar-refractivity contribution is 7.91. The van der Waals surface area contributed by atoms with Crippen molar-refractivity contribution in [2.45, 2.75) is 38.1 Å². The van der Waals surface area contributed by atoms with E-state index in [2.05, 4.69) is 16.0 Å². The average molecular weight is 496 g/mol. The first kappa shape index (κ1) is 24.7. The summed E-state index contributed by atoms with van der Waals surface area (Å²) in [5, 5.41) is 1.83. The molecule has 0 spiro atoms. The first-order valence-electron chi connectivity index (χ1n) is 11.5. The highest BCUT2D eigenvalue weighted by atomic mass is 32.2. The van der Waals surface area contributed by atoms with Gasteiger partial charge in [-0.05, 0) is 60.9 Å². The van der Waals surface area contributed by atoms with Crippen LogP contribution in [0.15, 0.2) is 53.6 Å². The van der Waals surface area contributed by atoms with Crippen molar-refractivity contribution < 1.29 is 22.7 Å². The predicted octanol–water partition coefficient (Wildman–Crippen LogP) is 4.14. The van der Waals surface area contributed by atoms with Gasteiger partial charge in [-0.15, -0.1) is 0 Å². The number of esters is 1. The lowest BCUT2D eigenvalue weighted by Gasteiger charge is -2.12. The summed E-state index contributed by atoms with van der Waals surface area (Å²) in [6, 6.07) is 12.2. The van der Waals surface area contributed by atoms with Crippen LogP contribution >= 0.6 is 0 Å². The number of ether oxygens (including phenoxy) is 2. The number of benzene rings is 2. The zero-order chi connectivity index (χ0) is 25.2. The maximum absolute atomic E-state index is 12.5. The number of rotatable bonds is 9. The molecule has 1 atom stereocenters. The molecular weight excluding hydrogens is 466 g/mol. The molecule has 0 fully saturated rings. The van der Waals surface area contributed by atoms with E-state index in [1.54, 1.807) is 38.2 Å². The summed E-state index contributed by atoms with van der Waals surface area (Å²) in [5.41, 5.74) is 9.67. The van der Waals surface area contributed by atoms with Crippen molar-refractivity contribution in [2.75, 3.05) is 19.0 Å². The third-order valence-electron chi connectivity index (χ3n) is 5.75. The number of fused-ring (bicyclic) bond motifs is 3. The Hall–Kier alpha value is -3.43. The molecule has 0 aliphatic rings. The van der Waals surface area contributed by atoms with Crippen LogP contribution in [0.1, 0.15) is 25.8 Å². The molecule has 0 unspecified atom stereocenters. The summed E-state index contributed by atoms with van der Waals surface area (Å²) in [5.74, 6) is 0.227. The average Bonchev–Trinajstić information content (AvgIpc) is 3.22. The van der Waals surface area contributed by atoms with Crippen molar-refractivity contribution >= 4 is 37.7 Å². The number of nitrogens with zero attached hydrogens (tertiary/aromatic N) is 1. The van der Waals surface area contributed by atoms with Crippen molar-refractivity contribution in [1.29, 1.82) is 0 Å². The Bertz CT molecular complexity index is 1490. The monoisotopic (exact) mass is 495 g/mol. The van der Waals surface area contributed by atoms with E-state index in [9.17, 15) is 13.2 Å². The summed E-state index contributed by atoms with van der Waals surface area (Å²) in [6.45, 7) is 5.75. The topological polar surface area (TPSA) is 124 Å². The quantitative estimate of drug-likeness (QED) is 0.264. The number of hydrogen-bond donors (Lipinski definition) is 2. The minimum Gasteiger partial charge on any atom is -0.491 e. The number of nitrogens with two attached hydrogens (primary N) is 1. The number of aromatic amines is 1. The van der Waals surface area contributed by atoms with Gasteiger partial charge in [0.05, 0.1) is 29.4 Å². The van der Waals surface area contributed by atoms with Crippen molar-refractivity contribution in [3.63, 3.8) is 0 Å². The van der Waals surface area contributed by atoms with Crippen LogP contribution in [-0.4, -0.2) is 49.4 Å². The number of pyridine rings is 1. The minimum atomic E-state index is -3.34. The van der Waals surface area contributed by atoms with Crippen LogP contribution in [0.3, 0.4) is 0 Å². The second-order valence-corrected chi connectivity index (χ2v) is 10.8. The lowest BCUT2D eigenvalue weighted by molar-refractivity contribution is -0.144. The summed E-state index contributed by atoms with van der Waals surface area (Å²) in [6.07, 6.45) is 2.30. The maximum Gasteiger partial charge on any atom is 0.322 e. The molecule has 2 heterocycles. The van der Waals surface area contributed by atoms with Crippen LogP contribution in [0, 0.1) is 6.92 Å². The van der Waals surface area contributed by atoms with Crippen LogP contribution in [0.25, 0.3) is 33.1 Å². The lowest BCUT2D eigenvalue weighted by Crippen LogP contribution is -2.29. The molecule has 4 rings (SSSR count). The van der Waals surface area contributed by atoms with E-state index in [1.165, 1.54) is 0 Å². The largest absolute Gasteiger partial charge is 0.491 e. The lowest BCUT2D eigenvalue weighted by atomic mass is 9.99. The second kappa shape index (κ2) is 10.1. The van der Waals surface area contributed by atoms with E-state index >= 15 is 0 Å². The Balaban J connectivity index is 1.73. The van der Waals surface area contributed by atoms with Crippen molar-refractivity contribution in [3.8, 4) is 16.9 Å². The minimum absolute atomic E-state index is 0.0361. The summed E-state index contributed by atoms with van der Waals surface area (Å²) in [7, 11) is -3.34. The molecule has 0 saturated carbocycles. The number of H-pyrrole nitrogens is 1. The number of hydrogen-bond acceptors (Lipinski definition) is 7. The number of carbonyl (C=O) groups excluding carboxylic acids is 1. The number of carbonyl (C=O) groups is 1. The van der Waals surface area contributed by atoms with Gasteiger partial charge < -0.3 is 20.2 Å². The van der Waals surface area contributed by atoms with Crippen LogP contribution in [0.4, 0.5) is 0 Å². The van der Waals surface area contributed by atoms with Gasteiger partial charge in [0, 0.05) is 23.4 Å². The summed E-state index contributed by atoms with van der Waals surface area (Å²) in [4.78, 5) is 19.7. The first-order valence-corrected chi connectivity index (χ1v) is 13.2. The highest BCUT2D eigenvalue weighted by Gasteiger charge is 2.18. The van der Waals surface area contributed by atoms with Crippen LogP contribution < -0.4 is 10.5 Å². The van der Waals surface area contributed by atoms with Gasteiger partial charge in [0.25, 0.3) is 0 Å².